The Morgan fingerprint density at radius 3 is 2.92 bits per heavy atom. The number of nitrogens with one attached hydrogen (secondary N) is 2. The monoisotopic (exact) mass is 373 g/mol. The van der Waals surface area contributed by atoms with E-state index in [-0.39, 0.29) is 11.3 Å². The van der Waals surface area contributed by atoms with E-state index in [0.29, 0.717) is 19.6 Å². The molecule has 1 fully saturated rings. The van der Waals surface area contributed by atoms with Crippen molar-refractivity contribution in [2.45, 2.75) is 26.2 Å². The highest BCUT2D eigenvalue weighted by molar-refractivity contribution is 7.13. The number of aryl methyl sites for hydroxylation is 1. The maximum atomic E-state index is 12.4. The lowest BCUT2D eigenvalue weighted by atomic mass is 9.79. The summed E-state index contributed by atoms with van der Waals surface area (Å²) in [5.74, 6) is 0.0279. The molecule has 26 heavy (non-hydrogen) atoms. The molecule has 0 spiro atoms. The number of aromatic nitrogens is 1. The van der Waals surface area contributed by atoms with E-state index in [0.717, 1.165) is 42.2 Å². The van der Waals surface area contributed by atoms with E-state index in [9.17, 15) is 4.79 Å². The van der Waals surface area contributed by atoms with Crippen LogP contribution in [0, 0.1) is 12.3 Å². The Labute approximate surface area is 159 Å². The van der Waals surface area contributed by atoms with E-state index in [4.69, 9.17) is 4.74 Å². The van der Waals surface area contributed by atoms with Gasteiger partial charge in [-0.1, -0.05) is 23.8 Å². The third kappa shape index (κ3) is 4.90. The third-order valence-electron chi connectivity index (χ3n) is 4.93. The molecule has 0 unspecified atom stereocenters. The van der Waals surface area contributed by atoms with Crippen molar-refractivity contribution in [3.63, 3.8) is 0 Å². The normalized spacial score (nSPS) is 16.4. The predicted molar refractivity (Wildman–Crippen MR) is 105 cm³/mol. The minimum absolute atomic E-state index is 0.0279. The van der Waals surface area contributed by atoms with Gasteiger partial charge in [0.25, 0.3) is 0 Å². The number of ether oxygens (including phenoxy) is 1. The molecule has 6 heteroatoms. The van der Waals surface area contributed by atoms with Gasteiger partial charge in [-0.15, -0.1) is 11.3 Å². The van der Waals surface area contributed by atoms with Crippen LogP contribution in [0.1, 0.15) is 24.1 Å². The Bertz CT molecular complexity index is 733. The largest absolute Gasteiger partial charge is 0.384 e. The summed E-state index contributed by atoms with van der Waals surface area (Å²) in [7, 11) is 1.73. The van der Waals surface area contributed by atoms with Crippen molar-refractivity contribution in [3.05, 3.63) is 40.9 Å². The van der Waals surface area contributed by atoms with Crippen LogP contribution in [-0.2, 0) is 16.0 Å². The van der Waals surface area contributed by atoms with Gasteiger partial charge >= 0.3 is 0 Å². The zero-order valence-corrected chi connectivity index (χ0v) is 16.3. The maximum Gasteiger partial charge on any atom is 0.226 e. The number of hydrogen-bond acceptors (Lipinski definition) is 5. The van der Waals surface area contributed by atoms with Crippen LogP contribution in [0.25, 0.3) is 10.6 Å². The van der Waals surface area contributed by atoms with Crippen molar-refractivity contribution in [2.24, 2.45) is 5.41 Å². The molecular formula is C20H27N3O2S. The molecule has 5 nitrogen and oxygen atoms in total. The van der Waals surface area contributed by atoms with Crippen LogP contribution >= 0.6 is 11.3 Å². The van der Waals surface area contributed by atoms with Crippen LogP contribution in [0.5, 0.6) is 0 Å². The molecule has 3 rings (SSSR count). The molecule has 1 aliphatic heterocycles. The standard InChI is InChI=1S/C20H27N3O2S/c1-15-4-3-5-16(10-15)19-23-17(12-26-19)11-18(24)22-13-20(14-25-2)6-8-21-9-7-20/h3-5,10,12,21H,6-9,11,13-14H2,1-2H3,(H,22,24). The Morgan fingerprint density at radius 2 is 2.19 bits per heavy atom. The van der Waals surface area contributed by atoms with Gasteiger partial charge in [-0.05, 0) is 38.9 Å². The van der Waals surface area contributed by atoms with Gasteiger partial charge in [0, 0.05) is 30.0 Å². The van der Waals surface area contributed by atoms with Gasteiger partial charge in [0.05, 0.1) is 18.7 Å². The minimum atomic E-state index is 0.0279. The van der Waals surface area contributed by atoms with Crippen molar-refractivity contribution in [1.29, 1.82) is 0 Å². The van der Waals surface area contributed by atoms with Gasteiger partial charge in [-0.3, -0.25) is 4.79 Å². The van der Waals surface area contributed by atoms with E-state index in [1.54, 1.807) is 18.4 Å². The van der Waals surface area contributed by atoms with Crippen molar-refractivity contribution in [2.75, 3.05) is 33.4 Å². The molecule has 1 aromatic heterocycles. The van der Waals surface area contributed by atoms with Gasteiger partial charge in [-0.2, -0.15) is 0 Å². The van der Waals surface area contributed by atoms with Gasteiger partial charge in [0.2, 0.25) is 5.91 Å². The fraction of sp³-hybridized carbons (Fsp3) is 0.500. The van der Waals surface area contributed by atoms with Gasteiger partial charge in [0.1, 0.15) is 5.01 Å². The molecule has 0 saturated carbocycles. The number of piperidine rings is 1. The molecule has 1 aliphatic rings. The van der Waals surface area contributed by atoms with Crippen molar-refractivity contribution in [3.8, 4) is 10.6 Å². The number of carbonyl (C=O) groups excluding carboxylic acids is 1. The summed E-state index contributed by atoms with van der Waals surface area (Å²) in [6.07, 6.45) is 2.37. The number of nitrogens with zero attached hydrogens (tertiary/aromatic N) is 1. The average Bonchev–Trinajstić information content (AvgIpc) is 3.10. The highest BCUT2D eigenvalue weighted by Crippen LogP contribution is 2.28. The molecule has 140 valence electrons. The fourth-order valence-corrected chi connectivity index (χ4v) is 4.26. The number of methoxy groups -OCH3 is 1. The highest BCUT2D eigenvalue weighted by atomic mass is 32.1. The predicted octanol–water partition coefficient (Wildman–Crippen LogP) is 2.79. The molecule has 0 radical (unpaired) electrons. The quantitative estimate of drug-likeness (QED) is 0.783. The molecule has 2 heterocycles. The molecule has 0 bridgehead atoms. The Kier molecular flexibility index (Phi) is 6.40. The summed E-state index contributed by atoms with van der Waals surface area (Å²) in [5, 5.41) is 9.42. The lowest BCUT2D eigenvalue weighted by molar-refractivity contribution is -0.121. The van der Waals surface area contributed by atoms with E-state index in [1.165, 1.54) is 5.56 Å². The van der Waals surface area contributed by atoms with E-state index >= 15 is 0 Å². The number of carbonyl (C=O) groups is 1. The number of amides is 1. The summed E-state index contributed by atoms with van der Waals surface area (Å²) >= 11 is 1.59. The molecule has 1 aromatic carbocycles. The molecular weight excluding hydrogens is 346 g/mol. The second-order valence-corrected chi connectivity index (χ2v) is 8.01. The average molecular weight is 374 g/mol. The first-order valence-corrected chi connectivity index (χ1v) is 9.96. The Hall–Kier alpha value is -1.76. The highest BCUT2D eigenvalue weighted by Gasteiger charge is 2.32. The summed E-state index contributed by atoms with van der Waals surface area (Å²) < 4.78 is 5.41. The van der Waals surface area contributed by atoms with Crippen LogP contribution < -0.4 is 10.6 Å². The van der Waals surface area contributed by atoms with Crippen LogP contribution in [0.15, 0.2) is 29.6 Å². The number of benzene rings is 1. The molecule has 0 atom stereocenters. The molecule has 0 aliphatic carbocycles. The maximum absolute atomic E-state index is 12.4. The van der Waals surface area contributed by atoms with Crippen LogP contribution in [0.2, 0.25) is 0 Å². The molecule has 1 saturated heterocycles. The van der Waals surface area contributed by atoms with Crippen molar-refractivity contribution < 1.29 is 9.53 Å². The van der Waals surface area contributed by atoms with Crippen LogP contribution in [0.3, 0.4) is 0 Å². The second kappa shape index (κ2) is 8.75. The molecule has 1 amide bonds. The van der Waals surface area contributed by atoms with Gasteiger partial charge < -0.3 is 15.4 Å². The first kappa shape index (κ1) is 19.0. The summed E-state index contributed by atoms with van der Waals surface area (Å²) in [6, 6.07) is 8.28. The van der Waals surface area contributed by atoms with Crippen molar-refractivity contribution in [1.82, 2.24) is 15.6 Å². The number of hydrogen-bond donors (Lipinski definition) is 2. The zero-order chi connectivity index (χ0) is 18.4. The van der Waals surface area contributed by atoms with Crippen LogP contribution in [0.4, 0.5) is 0 Å². The first-order valence-electron chi connectivity index (χ1n) is 9.08. The lowest BCUT2D eigenvalue weighted by Gasteiger charge is -2.37. The fourth-order valence-electron chi connectivity index (χ4n) is 3.45. The number of thiazole rings is 1. The first-order chi connectivity index (χ1) is 12.6. The van der Waals surface area contributed by atoms with E-state index < -0.39 is 0 Å². The lowest BCUT2D eigenvalue weighted by Crippen LogP contribution is -2.47. The van der Waals surface area contributed by atoms with Crippen LogP contribution in [-0.4, -0.2) is 44.2 Å². The topological polar surface area (TPSA) is 63.2 Å². The summed E-state index contributed by atoms with van der Waals surface area (Å²) in [5.41, 5.74) is 3.19. The van der Waals surface area contributed by atoms with Gasteiger partial charge in [-0.25, -0.2) is 4.98 Å². The zero-order valence-electron chi connectivity index (χ0n) is 15.5. The van der Waals surface area contributed by atoms with Crippen molar-refractivity contribution >= 4 is 17.2 Å². The molecule has 2 N–H and O–H groups in total. The smallest absolute Gasteiger partial charge is 0.226 e. The third-order valence-corrected chi connectivity index (χ3v) is 5.87. The summed E-state index contributed by atoms with van der Waals surface area (Å²) in [4.78, 5) is 17.0. The Morgan fingerprint density at radius 1 is 1.38 bits per heavy atom. The number of rotatable bonds is 7. The SMILES string of the molecule is COCC1(CNC(=O)Cc2csc(-c3cccc(C)c3)n2)CCNCC1. The van der Waals surface area contributed by atoms with Gasteiger partial charge in [0.15, 0.2) is 0 Å². The molecule has 2 aromatic rings. The minimum Gasteiger partial charge on any atom is -0.384 e. The summed E-state index contributed by atoms with van der Waals surface area (Å²) in [6.45, 7) is 5.37. The Balaban J connectivity index is 1.56. The van der Waals surface area contributed by atoms with E-state index in [1.807, 2.05) is 11.4 Å². The second-order valence-electron chi connectivity index (χ2n) is 7.15. The van der Waals surface area contributed by atoms with E-state index in [2.05, 4.69) is 40.7 Å².